The number of ether oxygens (including phenoxy) is 3. The third kappa shape index (κ3) is 6.91. The summed E-state index contributed by atoms with van der Waals surface area (Å²) < 4.78 is 99.7. The molecule has 2 amide bonds. The van der Waals surface area contributed by atoms with Crippen LogP contribution in [0.5, 0.6) is 28.7 Å². The van der Waals surface area contributed by atoms with Crippen LogP contribution in [0.15, 0.2) is 72.9 Å². The van der Waals surface area contributed by atoms with Crippen molar-refractivity contribution in [2.24, 2.45) is 0 Å². The van der Waals surface area contributed by atoms with E-state index in [1.54, 1.807) is 0 Å². The molecule has 232 valence electrons. The molecule has 0 radical (unpaired) electrons. The summed E-state index contributed by atoms with van der Waals surface area (Å²) in [4.78, 5) is 16.6. The molecule has 45 heavy (non-hydrogen) atoms. The van der Waals surface area contributed by atoms with Crippen molar-refractivity contribution in [2.45, 2.75) is 6.18 Å². The van der Waals surface area contributed by atoms with E-state index in [4.69, 9.17) is 31.5 Å². The molecular weight excluding hydrogens is 630 g/mol. The van der Waals surface area contributed by atoms with Crippen molar-refractivity contribution in [3.05, 3.63) is 101 Å². The van der Waals surface area contributed by atoms with Gasteiger partial charge in [0, 0.05) is 47.2 Å². The smallest absolute Gasteiger partial charge is 0.417 e. The first-order valence-electron chi connectivity index (χ1n) is 12.6. The molecule has 0 bridgehead atoms. The molecule has 0 aliphatic carbocycles. The number of nitrogens with two attached hydrogens (primary N) is 1. The van der Waals surface area contributed by atoms with Crippen LogP contribution in [0, 0.1) is 17.5 Å². The second kappa shape index (κ2) is 12.3. The molecule has 0 aliphatic heterocycles. The summed E-state index contributed by atoms with van der Waals surface area (Å²) in [5.41, 5.74) is 3.98. The van der Waals surface area contributed by atoms with Crippen molar-refractivity contribution in [2.75, 3.05) is 23.5 Å². The van der Waals surface area contributed by atoms with Gasteiger partial charge in [-0.1, -0.05) is 11.6 Å². The molecule has 4 aromatic carbocycles. The summed E-state index contributed by atoms with van der Waals surface area (Å²) in [6.07, 6.45) is -3.35. The van der Waals surface area contributed by atoms with Crippen molar-refractivity contribution in [3.8, 4) is 28.7 Å². The molecule has 5 rings (SSSR count). The third-order valence-corrected chi connectivity index (χ3v) is 6.50. The van der Waals surface area contributed by atoms with E-state index in [0.29, 0.717) is 17.0 Å². The van der Waals surface area contributed by atoms with E-state index in [1.807, 2.05) is 0 Å². The average Bonchev–Trinajstić information content (AvgIpc) is 2.96. The number of carbonyl (C=O) groups is 1. The summed E-state index contributed by atoms with van der Waals surface area (Å²) in [7, 11) is 1.32. The predicted molar refractivity (Wildman–Crippen MR) is 155 cm³/mol. The van der Waals surface area contributed by atoms with Crippen molar-refractivity contribution in [1.82, 2.24) is 4.98 Å². The van der Waals surface area contributed by atoms with Gasteiger partial charge in [-0.2, -0.15) is 13.2 Å². The molecule has 5 aromatic rings. The Morgan fingerprint density at radius 3 is 2.24 bits per heavy atom. The highest BCUT2D eigenvalue weighted by atomic mass is 35.5. The number of carbonyl (C=O) groups excluding carboxylic acids is 1. The Bertz CT molecular complexity index is 1920. The highest BCUT2D eigenvalue weighted by molar-refractivity contribution is 6.31. The maximum Gasteiger partial charge on any atom is 0.417 e. The summed E-state index contributed by atoms with van der Waals surface area (Å²) in [6.45, 7) is 0. The molecule has 0 spiro atoms. The number of nitrogens with zero attached hydrogens (tertiary/aromatic N) is 1. The number of hydrogen-bond donors (Lipinski definition) is 3. The van der Waals surface area contributed by atoms with Gasteiger partial charge < -0.3 is 30.6 Å². The summed E-state index contributed by atoms with van der Waals surface area (Å²) in [5.74, 6) is -3.63. The SMILES string of the molecule is COc1cc2nccc(Oc3ccc(NC(=O)Nc4ccc(Cl)c(C(F)(F)F)c4)c(F)c3)c2cc1Oc1c(F)cc(N)cc1F. The van der Waals surface area contributed by atoms with Crippen LogP contribution in [-0.4, -0.2) is 18.1 Å². The number of rotatable bonds is 7. The number of methoxy groups -OCH3 is 1. The summed E-state index contributed by atoms with van der Waals surface area (Å²) in [5, 5.41) is 4.14. The topological polar surface area (TPSA) is 108 Å². The van der Waals surface area contributed by atoms with Gasteiger partial charge in [-0.3, -0.25) is 4.98 Å². The van der Waals surface area contributed by atoms with Crippen LogP contribution in [-0.2, 0) is 6.18 Å². The highest BCUT2D eigenvalue weighted by Crippen LogP contribution is 2.41. The number of pyridine rings is 1. The first-order valence-corrected chi connectivity index (χ1v) is 13.0. The largest absolute Gasteiger partial charge is 0.493 e. The molecule has 0 atom stereocenters. The van der Waals surface area contributed by atoms with E-state index < -0.39 is 46.0 Å². The quantitative estimate of drug-likeness (QED) is 0.120. The van der Waals surface area contributed by atoms with Gasteiger partial charge in [0.2, 0.25) is 0 Å². The van der Waals surface area contributed by atoms with Gasteiger partial charge in [0.25, 0.3) is 0 Å². The van der Waals surface area contributed by atoms with E-state index in [0.717, 1.165) is 30.3 Å². The second-order valence-corrected chi connectivity index (χ2v) is 9.67. The minimum absolute atomic E-state index is 0.0209. The molecule has 8 nitrogen and oxygen atoms in total. The Morgan fingerprint density at radius 2 is 1.58 bits per heavy atom. The maximum atomic E-state index is 14.9. The number of nitrogen functional groups attached to an aromatic ring is 1. The molecule has 15 heteroatoms. The van der Waals surface area contributed by atoms with Gasteiger partial charge in [0.15, 0.2) is 28.9 Å². The molecule has 4 N–H and O–H groups in total. The van der Waals surface area contributed by atoms with Crippen LogP contribution in [0.2, 0.25) is 5.02 Å². The van der Waals surface area contributed by atoms with Crippen LogP contribution in [0.4, 0.5) is 48.2 Å². The van der Waals surface area contributed by atoms with Crippen LogP contribution in [0.1, 0.15) is 5.56 Å². The van der Waals surface area contributed by atoms with Crippen LogP contribution in [0.3, 0.4) is 0 Å². The zero-order chi connectivity index (χ0) is 32.5. The fraction of sp³-hybridized carbons (Fsp3) is 0.0667. The third-order valence-electron chi connectivity index (χ3n) is 6.17. The highest BCUT2D eigenvalue weighted by Gasteiger charge is 2.33. The molecular formula is C30H19ClF6N4O4. The van der Waals surface area contributed by atoms with Gasteiger partial charge in [0.1, 0.15) is 17.3 Å². The van der Waals surface area contributed by atoms with E-state index in [1.165, 1.54) is 43.6 Å². The Kier molecular flexibility index (Phi) is 8.51. The lowest BCUT2D eigenvalue weighted by Crippen LogP contribution is -2.20. The van der Waals surface area contributed by atoms with E-state index in [2.05, 4.69) is 15.6 Å². The van der Waals surface area contributed by atoms with E-state index in [9.17, 15) is 31.1 Å². The summed E-state index contributed by atoms with van der Waals surface area (Å²) in [6, 6.07) is 11.2. The zero-order valence-corrected chi connectivity index (χ0v) is 23.5. The monoisotopic (exact) mass is 648 g/mol. The molecule has 1 aromatic heterocycles. The lowest BCUT2D eigenvalue weighted by molar-refractivity contribution is -0.137. The predicted octanol–water partition coefficient (Wildman–Crippen LogP) is 9.14. The average molecular weight is 649 g/mol. The van der Waals surface area contributed by atoms with Gasteiger partial charge in [-0.15, -0.1) is 0 Å². The molecule has 0 unspecified atom stereocenters. The fourth-order valence-corrected chi connectivity index (χ4v) is 4.36. The molecule has 0 aliphatic rings. The van der Waals surface area contributed by atoms with E-state index in [-0.39, 0.29) is 40.1 Å². The maximum absolute atomic E-state index is 14.9. The number of aromatic nitrogens is 1. The lowest BCUT2D eigenvalue weighted by Gasteiger charge is -2.15. The van der Waals surface area contributed by atoms with Gasteiger partial charge >= 0.3 is 12.2 Å². The van der Waals surface area contributed by atoms with Gasteiger partial charge in [-0.25, -0.2) is 18.0 Å². The van der Waals surface area contributed by atoms with Crippen LogP contribution in [0.25, 0.3) is 10.9 Å². The van der Waals surface area contributed by atoms with Crippen molar-refractivity contribution in [3.63, 3.8) is 0 Å². The Hall–Kier alpha value is -5.37. The van der Waals surface area contributed by atoms with Crippen LogP contribution < -0.4 is 30.6 Å². The van der Waals surface area contributed by atoms with Crippen LogP contribution >= 0.6 is 11.6 Å². The zero-order valence-electron chi connectivity index (χ0n) is 22.7. The lowest BCUT2D eigenvalue weighted by atomic mass is 10.1. The number of benzene rings is 4. The van der Waals surface area contributed by atoms with Gasteiger partial charge in [-0.05, 0) is 42.5 Å². The van der Waals surface area contributed by atoms with Gasteiger partial charge in [0.05, 0.1) is 28.9 Å². The number of anilines is 3. The number of urea groups is 1. The number of nitrogens with one attached hydrogen (secondary N) is 2. The molecule has 0 fully saturated rings. The number of amides is 2. The normalized spacial score (nSPS) is 11.3. The number of hydrogen-bond acceptors (Lipinski definition) is 6. The Morgan fingerprint density at radius 1 is 0.844 bits per heavy atom. The van der Waals surface area contributed by atoms with Crippen molar-refractivity contribution < 1.29 is 45.3 Å². The second-order valence-electron chi connectivity index (χ2n) is 9.26. The number of halogens is 7. The molecule has 1 heterocycles. The number of alkyl halides is 3. The number of fused-ring (bicyclic) bond motifs is 1. The first-order chi connectivity index (χ1) is 21.3. The van der Waals surface area contributed by atoms with Crippen molar-refractivity contribution >= 4 is 45.6 Å². The Balaban J connectivity index is 1.36. The van der Waals surface area contributed by atoms with Crippen molar-refractivity contribution in [1.29, 1.82) is 0 Å². The molecule has 0 saturated heterocycles. The fourth-order valence-electron chi connectivity index (χ4n) is 4.14. The summed E-state index contributed by atoms with van der Waals surface area (Å²) >= 11 is 5.59. The minimum Gasteiger partial charge on any atom is -0.493 e. The first kappa shape index (κ1) is 31.1. The minimum atomic E-state index is -4.75. The van der Waals surface area contributed by atoms with E-state index >= 15 is 0 Å². The standard InChI is InChI=1S/C30H19ClF6N4O4/c1-43-26-13-24-17(12-27(26)45-28-21(33)8-14(38)9-22(28)34)25(6-7-39-24)44-16-3-5-23(20(32)11-16)41-29(42)40-15-2-4-19(31)18(10-15)30(35,36)37/h2-13H,38H2,1H3,(H2,40,41,42). The Labute approximate surface area is 255 Å². The molecule has 0 saturated carbocycles.